The number of ether oxygens (including phenoxy) is 1. The van der Waals surface area contributed by atoms with Crippen LogP contribution in [-0.4, -0.2) is 52.7 Å². The second-order valence-electron chi connectivity index (χ2n) is 6.01. The lowest BCUT2D eigenvalue weighted by molar-refractivity contribution is 0.208. The highest BCUT2D eigenvalue weighted by molar-refractivity contribution is 5.79. The first kappa shape index (κ1) is 15.0. The molecule has 1 saturated heterocycles. The van der Waals surface area contributed by atoms with Crippen LogP contribution >= 0.6 is 0 Å². The summed E-state index contributed by atoms with van der Waals surface area (Å²) < 4.78 is 7.69. The molecule has 0 saturated carbocycles. The lowest BCUT2D eigenvalue weighted by Gasteiger charge is -2.35. The minimum atomic E-state index is 0.738. The number of fused-ring (bicyclic) bond motifs is 1. The Balaban J connectivity index is 1.43. The Hall–Kier alpha value is -2.60. The maximum Gasteiger partial charge on any atom is 0.179 e. The van der Waals surface area contributed by atoms with Gasteiger partial charge in [0.1, 0.15) is 6.33 Å². The molecule has 0 aliphatic carbocycles. The summed E-state index contributed by atoms with van der Waals surface area (Å²) in [6.45, 7) is 4.79. The molecule has 0 N–H and O–H groups in total. The molecule has 0 atom stereocenters. The molecule has 2 aromatic heterocycles. The normalized spacial score (nSPS) is 15.8. The second kappa shape index (κ2) is 6.49. The van der Waals surface area contributed by atoms with Crippen LogP contribution in [0.3, 0.4) is 0 Å². The van der Waals surface area contributed by atoms with Crippen molar-refractivity contribution in [2.45, 2.75) is 6.67 Å². The summed E-state index contributed by atoms with van der Waals surface area (Å²) in [4.78, 5) is 13.1. The van der Waals surface area contributed by atoms with Crippen LogP contribution < -0.4 is 9.64 Å². The van der Waals surface area contributed by atoms with Gasteiger partial charge in [0.25, 0.3) is 0 Å². The molecule has 0 bridgehead atoms. The summed E-state index contributed by atoms with van der Waals surface area (Å²) in [5.74, 6) is 1.63. The van der Waals surface area contributed by atoms with Crippen LogP contribution in [0.15, 0.2) is 49.1 Å². The van der Waals surface area contributed by atoms with Crippen molar-refractivity contribution in [3.05, 3.63) is 49.1 Å². The van der Waals surface area contributed by atoms with E-state index in [-0.39, 0.29) is 0 Å². The van der Waals surface area contributed by atoms with E-state index >= 15 is 0 Å². The maximum absolute atomic E-state index is 5.37. The molecule has 6 nitrogen and oxygen atoms in total. The molecule has 1 aromatic carbocycles. The summed E-state index contributed by atoms with van der Waals surface area (Å²) in [6, 6.07) is 10.7. The van der Waals surface area contributed by atoms with Gasteiger partial charge < -0.3 is 14.2 Å². The lowest BCUT2D eigenvalue weighted by atomic mass is 10.2. The number of piperazine rings is 1. The minimum absolute atomic E-state index is 0.738. The summed E-state index contributed by atoms with van der Waals surface area (Å²) in [6.07, 6.45) is 5.47. The van der Waals surface area contributed by atoms with Crippen LogP contribution in [0.1, 0.15) is 0 Å². The van der Waals surface area contributed by atoms with Gasteiger partial charge in [0.2, 0.25) is 0 Å². The number of rotatable bonds is 4. The van der Waals surface area contributed by atoms with Gasteiger partial charge in [0, 0.05) is 37.9 Å². The molecular formula is C18H21N5O. The molecule has 0 unspecified atom stereocenters. The van der Waals surface area contributed by atoms with Gasteiger partial charge in [-0.3, -0.25) is 4.90 Å². The number of hydrogen-bond donors (Lipinski definition) is 0. The van der Waals surface area contributed by atoms with Crippen molar-refractivity contribution in [2.75, 3.05) is 38.2 Å². The number of benzene rings is 1. The Bertz CT molecular complexity index is 823. The van der Waals surface area contributed by atoms with Crippen molar-refractivity contribution >= 4 is 16.7 Å². The van der Waals surface area contributed by atoms with Crippen molar-refractivity contribution in [1.82, 2.24) is 19.4 Å². The number of methoxy groups -OCH3 is 1. The summed E-state index contributed by atoms with van der Waals surface area (Å²) in [7, 11) is 1.66. The van der Waals surface area contributed by atoms with Crippen molar-refractivity contribution in [3.63, 3.8) is 0 Å². The van der Waals surface area contributed by atoms with Gasteiger partial charge in [0.15, 0.2) is 11.6 Å². The second-order valence-corrected chi connectivity index (χ2v) is 6.01. The van der Waals surface area contributed by atoms with E-state index in [0.717, 1.165) is 44.4 Å². The van der Waals surface area contributed by atoms with Crippen molar-refractivity contribution < 1.29 is 4.74 Å². The van der Waals surface area contributed by atoms with Crippen molar-refractivity contribution in [2.24, 2.45) is 0 Å². The predicted molar refractivity (Wildman–Crippen MR) is 94.3 cm³/mol. The highest BCUT2D eigenvalue weighted by atomic mass is 16.5. The van der Waals surface area contributed by atoms with Gasteiger partial charge in [-0.2, -0.15) is 0 Å². The van der Waals surface area contributed by atoms with E-state index in [1.807, 2.05) is 0 Å². The van der Waals surface area contributed by atoms with Crippen LogP contribution in [-0.2, 0) is 6.67 Å². The number of hydrogen-bond acceptors (Lipinski definition) is 5. The fourth-order valence-electron chi connectivity index (χ4n) is 3.27. The van der Waals surface area contributed by atoms with E-state index < -0.39 is 0 Å². The zero-order valence-corrected chi connectivity index (χ0v) is 13.8. The molecular weight excluding hydrogens is 302 g/mol. The fourth-order valence-corrected chi connectivity index (χ4v) is 3.27. The molecule has 3 aromatic rings. The van der Waals surface area contributed by atoms with E-state index in [9.17, 15) is 0 Å². The monoisotopic (exact) mass is 323 g/mol. The minimum Gasteiger partial charge on any atom is -0.491 e. The number of aromatic nitrogens is 3. The Morgan fingerprint density at radius 3 is 2.75 bits per heavy atom. The van der Waals surface area contributed by atoms with Gasteiger partial charge in [-0.05, 0) is 17.5 Å². The summed E-state index contributed by atoms with van der Waals surface area (Å²) in [5.41, 5.74) is 1.29. The molecule has 6 heteroatoms. The third-order valence-electron chi connectivity index (χ3n) is 4.58. The van der Waals surface area contributed by atoms with E-state index in [1.54, 1.807) is 19.6 Å². The van der Waals surface area contributed by atoms with E-state index in [1.165, 1.54) is 10.9 Å². The highest BCUT2D eigenvalue weighted by Crippen LogP contribution is 2.25. The van der Waals surface area contributed by atoms with Crippen LogP contribution in [0.25, 0.3) is 10.9 Å². The van der Waals surface area contributed by atoms with Gasteiger partial charge in [-0.1, -0.05) is 18.2 Å². The van der Waals surface area contributed by atoms with Gasteiger partial charge in [-0.15, -0.1) is 0 Å². The molecule has 0 radical (unpaired) electrons. The van der Waals surface area contributed by atoms with Crippen LogP contribution in [0.2, 0.25) is 0 Å². The number of nitrogens with zero attached hydrogens (tertiary/aromatic N) is 5. The highest BCUT2D eigenvalue weighted by Gasteiger charge is 2.21. The molecule has 1 fully saturated rings. The van der Waals surface area contributed by atoms with E-state index in [4.69, 9.17) is 4.74 Å². The third kappa shape index (κ3) is 2.80. The van der Waals surface area contributed by atoms with Gasteiger partial charge in [-0.25, -0.2) is 9.97 Å². The molecule has 24 heavy (non-hydrogen) atoms. The summed E-state index contributed by atoms with van der Waals surface area (Å²) in [5, 5.41) is 1.29. The van der Waals surface area contributed by atoms with Crippen LogP contribution in [0.5, 0.6) is 5.75 Å². The first-order valence-corrected chi connectivity index (χ1v) is 8.20. The Kier molecular flexibility index (Phi) is 4.04. The fraction of sp³-hybridized carbons (Fsp3) is 0.333. The average molecular weight is 323 g/mol. The standard InChI is InChI=1S/C18H21N5O/c1-24-17-12-19-13-20-18(17)22-10-8-21(9-11-22)14-23-7-6-15-4-2-3-5-16(15)23/h2-7,12-13H,8-11,14H2,1H3. The Labute approximate surface area is 141 Å². The summed E-state index contributed by atoms with van der Waals surface area (Å²) >= 11 is 0. The Morgan fingerprint density at radius 2 is 1.92 bits per heavy atom. The molecule has 0 amide bonds. The Morgan fingerprint density at radius 1 is 1.08 bits per heavy atom. The van der Waals surface area contributed by atoms with Crippen molar-refractivity contribution in [1.29, 1.82) is 0 Å². The molecule has 1 aliphatic heterocycles. The number of para-hydroxylation sites is 1. The van der Waals surface area contributed by atoms with Gasteiger partial charge >= 0.3 is 0 Å². The maximum atomic E-state index is 5.37. The van der Waals surface area contributed by atoms with Crippen molar-refractivity contribution in [3.8, 4) is 5.75 Å². The molecule has 124 valence electrons. The zero-order chi connectivity index (χ0) is 16.4. The quantitative estimate of drug-likeness (QED) is 0.737. The van der Waals surface area contributed by atoms with E-state index in [2.05, 4.69) is 60.9 Å². The molecule has 1 aliphatic rings. The smallest absolute Gasteiger partial charge is 0.179 e. The first-order chi connectivity index (χ1) is 11.8. The van der Waals surface area contributed by atoms with Crippen LogP contribution in [0, 0.1) is 0 Å². The van der Waals surface area contributed by atoms with E-state index in [0.29, 0.717) is 0 Å². The van der Waals surface area contributed by atoms with Gasteiger partial charge in [0.05, 0.1) is 20.0 Å². The first-order valence-electron chi connectivity index (χ1n) is 8.20. The topological polar surface area (TPSA) is 46.4 Å². The third-order valence-corrected chi connectivity index (χ3v) is 4.58. The molecule has 4 rings (SSSR count). The SMILES string of the molecule is COc1cncnc1N1CCN(Cn2ccc3ccccc32)CC1. The van der Waals surface area contributed by atoms with Crippen LogP contribution in [0.4, 0.5) is 5.82 Å². The lowest BCUT2D eigenvalue weighted by Crippen LogP contribution is -2.47. The molecule has 3 heterocycles. The zero-order valence-electron chi connectivity index (χ0n) is 13.8. The molecule has 0 spiro atoms. The largest absolute Gasteiger partial charge is 0.491 e. The predicted octanol–water partition coefficient (Wildman–Crippen LogP) is 2.22. The number of anilines is 1. The average Bonchev–Trinajstić information content (AvgIpc) is 3.05.